The van der Waals surface area contributed by atoms with Gasteiger partial charge in [0.1, 0.15) is 6.10 Å². The molecule has 2 heterocycles. The summed E-state index contributed by atoms with van der Waals surface area (Å²) in [6.07, 6.45) is 0.472. The summed E-state index contributed by atoms with van der Waals surface area (Å²) in [7, 11) is 0. The van der Waals surface area contributed by atoms with Crippen molar-refractivity contribution in [3.05, 3.63) is 54.1 Å². The number of rotatable bonds is 7. The molecule has 3 amide bonds. The van der Waals surface area contributed by atoms with Gasteiger partial charge in [0.2, 0.25) is 12.7 Å². The van der Waals surface area contributed by atoms with Crippen molar-refractivity contribution in [2.24, 2.45) is 0 Å². The number of aliphatic hydroxyl groups excluding tert-OH is 1. The normalized spacial score (nSPS) is 22.3. The highest BCUT2D eigenvalue weighted by atomic mass is 16.7. The fourth-order valence-corrected chi connectivity index (χ4v) is 4.09. The molecule has 0 radical (unpaired) electrons. The van der Waals surface area contributed by atoms with Crippen LogP contribution in [0.3, 0.4) is 0 Å². The van der Waals surface area contributed by atoms with Crippen LogP contribution in [0.15, 0.2) is 48.5 Å². The van der Waals surface area contributed by atoms with E-state index in [0.29, 0.717) is 30.0 Å². The lowest BCUT2D eigenvalue weighted by atomic mass is 9.97. The minimum atomic E-state index is -0.592. The van der Waals surface area contributed by atoms with Crippen LogP contribution in [-0.2, 0) is 9.53 Å². The van der Waals surface area contributed by atoms with Crippen LogP contribution in [-0.4, -0.2) is 48.7 Å². The number of hydrogen-bond acceptors (Lipinski definition) is 6. The molecule has 9 heteroatoms. The van der Waals surface area contributed by atoms with E-state index in [1.165, 1.54) is 0 Å². The first-order chi connectivity index (χ1) is 16.0. The highest BCUT2D eigenvalue weighted by Crippen LogP contribution is 2.34. The van der Waals surface area contributed by atoms with Gasteiger partial charge in [-0.15, -0.1) is 0 Å². The molecule has 0 unspecified atom stereocenters. The van der Waals surface area contributed by atoms with Crippen LogP contribution in [0, 0.1) is 0 Å². The molecular weight excluding hydrogens is 426 g/mol. The van der Waals surface area contributed by atoms with Gasteiger partial charge in [-0.1, -0.05) is 30.3 Å². The van der Waals surface area contributed by atoms with E-state index in [1.54, 1.807) is 18.2 Å². The molecule has 1 fully saturated rings. The van der Waals surface area contributed by atoms with Gasteiger partial charge in [-0.2, -0.15) is 0 Å². The van der Waals surface area contributed by atoms with Gasteiger partial charge in [-0.25, -0.2) is 4.79 Å². The van der Waals surface area contributed by atoms with E-state index in [9.17, 15) is 14.7 Å². The Morgan fingerprint density at radius 1 is 1.09 bits per heavy atom. The van der Waals surface area contributed by atoms with E-state index >= 15 is 0 Å². The number of anilines is 1. The van der Waals surface area contributed by atoms with Crippen LogP contribution in [0.2, 0.25) is 0 Å². The maximum Gasteiger partial charge on any atom is 0.319 e. The Hall–Kier alpha value is -3.30. The fourth-order valence-electron chi connectivity index (χ4n) is 4.09. The number of hydrogen-bond donors (Lipinski definition) is 4. The summed E-state index contributed by atoms with van der Waals surface area (Å²) in [5, 5.41) is 18.4. The van der Waals surface area contributed by atoms with Gasteiger partial charge < -0.3 is 35.3 Å². The highest BCUT2D eigenvalue weighted by molar-refractivity contribution is 5.90. The summed E-state index contributed by atoms with van der Waals surface area (Å²) in [5.74, 6) is 1.10. The second-order valence-electron chi connectivity index (χ2n) is 8.23. The van der Waals surface area contributed by atoms with Crippen molar-refractivity contribution in [2.45, 2.75) is 50.5 Å². The minimum Gasteiger partial charge on any atom is -0.454 e. The Balaban J connectivity index is 1.25. The molecule has 0 aromatic heterocycles. The van der Waals surface area contributed by atoms with E-state index in [1.807, 2.05) is 37.3 Å². The van der Waals surface area contributed by atoms with E-state index in [0.717, 1.165) is 5.56 Å². The number of nitrogens with one attached hydrogen (secondary N) is 3. The molecule has 176 valence electrons. The molecule has 4 N–H and O–H groups in total. The van der Waals surface area contributed by atoms with Crippen LogP contribution in [0.4, 0.5) is 10.5 Å². The van der Waals surface area contributed by atoms with Crippen molar-refractivity contribution in [3.8, 4) is 11.5 Å². The molecule has 0 saturated carbocycles. The van der Waals surface area contributed by atoms with Crippen molar-refractivity contribution in [2.75, 3.05) is 18.7 Å². The Morgan fingerprint density at radius 2 is 1.88 bits per heavy atom. The average Bonchev–Trinajstić information content (AvgIpc) is 3.28. The number of fused-ring (bicyclic) bond motifs is 1. The lowest BCUT2D eigenvalue weighted by Crippen LogP contribution is -2.52. The molecule has 4 rings (SSSR count). The van der Waals surface area contributed by atoms with Crippen molar-refractivity contribution in [1.29, 1.82) is 0 Å². The molecule has 2 aliphatic heterocycles. The van der Waals surface area contributed by atoms with Gasteiger partial charge in [0.25, 0.3) is 0 Å². The number of aliphatic hydroxyl groups is 1. The predicted molar refractivity (Wildman–Crippen MR) is 121 cm³/mol. The first-order valence-electron chi connectivity index (χ1n) is 11.1. The van der Waals surface area contributed by atoms with Crippen molar-refractivity contribution < 1.29 is 28.9 Å². The molecule has 2 aromatic carbocycles. The smallest absolute Gasteiger partial charge is 0.319 e. The van der Waals surface area contributed by atoms with Gasteiger partial charge >= 0.3 is 6.03 Å². The molecule has 0 spiro atoms. The monoisotopic (exact) mass is 455 g/mol. The van der Waals surface area contributed by atoms with Gasteiger partial charge in [-0.05, 0) is 37.5 Å². The molecule has 1 saturated heterocycles. The molecule has 2 aromatic rings. The summed E-state index contributed by atoms with van der Waals surface area (Å²) < 4.78 is 16.5. The summed E-state index contributed by atoms with van der Waals surface area (Å²) in [5.41, 5.74) is 1.59. The lowest BCUT2D eigenvalue weighted by molar-refractivity contribution is -0.131. The van der Waals surface area contributed by atoms with Gasteiger partial charge in [0, 0.05) is 11.8 Å². The van der Waals surface area contributed by atoms with E-state index in [2.05, 4.69) is 16.0 Å². The fraction of sp³-hybridized carbons (Fsp3) is 0.417. The van der Waals surface area contributed by atoms with E-state index < -0.39 is 12.1 Å². The van der Waals surface area contributed by atoms with Crippen molar-refractivity contribution in [1.82, 2.24) is 10.6 Å². The molecule has 4 atom stereocenters. The molecule has 33 heavy (non-hydrogen) atoms. The number of amides is 3. The third-order valence-electron chi connectivity index (χ3n) is 5.83. The maximum absolute atomic E-state index is 12.5. The summed E-state index contributed by atoms with van der Waals surface area (Å²) in [4.78, 5) is 24.9. The Kier molecular flexibility index (Phi) is 7.31. The second-order valence-corrected chi connectivity index (χ2v) is 8.23. The third kappa shape index (κ3) is 5.94. The van der Waals surface area contributed by atoms with Crippen LogP contribution < -0.4 is 25.4 Å². The minimum absolute atomic E-state index is 0.106. The number of carbonyl (C=O) groups excluding carboxylic acids is 2. The largest absolute Gasteiger partial charge is 0.454 e. The third-order valence-corrected chi connectivity index (χ3v) is 5.83. The Bertz CT molecular complexity index is 970. The van der Waals surface area contributed by atoms with Crippen LogP contribution >= 0.6 is 0 Å². The van der Waals surface area contributed by atoms with Crippen LogP contribution in [0.1, 0.15) is 37.8 Å². The summed E-state index contributed by atoms with van der Waals surface area (Å²) in [6.45, 7) is 1.84. The van der Waals surface area contributed by atoms with Crippen LogP contribution in [0.5, 0.6) is 11.5 Å². The summed E-state index contributed by atoms with van der Waals surface area (Å²) in [6, 6.07) is 14.0. The Morgan fingerprint density at radius 3 is 2.67 bits per heavy atom. The van der Waals surface area contributed by atoms with Crippen molar-refractivity contribution in [3.63, 3.8) is 0 Å². The molecule has 2 aliphatic rings. The number of ether oxygens (including phenoxy) is 3. The SMILES string of the molecule is C[C@H](NC(=O)C[C@H]1CC[C@H](NC(=O)Nc2ccc3c(c2)OCO3)[C@H](CO)O1)c1ccccc1. The number of benzene rings is 2. The zero-order valence-electron chi connectivity index (χ0n) is 18.5. The molecule has 0 aliphatic carbocycles. The van der Waals surface area contributed by atoms with Crippen LogP contribution in [0.25, 0.3) is 0 Å². The zero-order chi connectivity index (χ0) is 23.2. The molecule has 0 bridgehead atoms. The highest BCUT2D eigenvalue weighted by Gasteiger charge is 2.33. The standard InChI is InChI=1S/C24H29N3O6/c1-15(16-5-3-2-4-6-16)25-23(29)12-18-8-9-19(22(13-28)33-18)27-24(30)26-17-7-10-20-21(11-17)32-14-31-20/h2-7,10-11,15,18-19,22,28H,8-9,12-14H2,1H3,(H,25,29)(H2,26,27,30)/t15-,18+,19-,22-/m0/s1. The van der Waals surface area contributed by atoms with Crippen molar-refractivity contribution >= 4 is 17.6 Å². The van der Waals surface area contributed by atoms with Gasteiger partial charge in [0.05, 0.1) is 31.2 Å². The Labute approximate surface area is 192 Å². The summed E-state index contributed by atoms with van der Waals surface area (Å²) >= 11 is 0. The lowest BCUT2D eigenvalue weighted by Gasteiger charge is -2.36. The van der Waals surface area contributed by atoms with Gasteiger partial charge in [0.15, 0.2) is 11.5 Å². The maximum atomic E-state index is 12.5. The molecule has 9 nitrogen and oxygen atoms in total. The molecular formula is C24H29N3O6. The van der Waals surface area contributed by atoms with Gasteiger partial charge in [-0.3, -0.25) is 4.79 Å². The van der Waals surface area contributed by atoms with E-state index in [-0.39, 0.29) is 43.9 Å². The number of urea groups is 1. The van der Waals surface area contributed by atoms with E-state index in [4.69, 9.17) is 14.2 Å². The zero-order valence-corrected chi connectivity index (χ0v) is 18.5. The topological polar surface area (TPSA) is 118 Å². The predicted octanol–water partition coefficient (Wildman–Crippen LogP) is 2.71. The number of carbonyl (C=O) groups is 2. The quantitative estimate of drug-likeness (QED) is 0.510. The first kappa shape index (κ1) is 22.9. The first-order valence-corrected chi connectivity index (χ1v) is 11.1. The second kappa shape index (κ2) is 10.5. The average molecular weight is 456 g/mol.